The van der Waals surface area contributed by atoms with E-state index in [1.807, 2.05) is 18.2 Å². The lowest BCUT2D eigenvalue weighted by Gasteiger charge is -2.05. The fourth-order valence-electron chi connectivity index (χ4n) is 1.52. The molecule has 1 unspecified atom stereocenters. The topological polar surface area (TPSA) is 58.0 Å². The first-order valence-electron chi connectivity index (χ1n) is 4.25. The van der Waals surface area contributed by atoms with Crippen LogP contribution in [0.3, 0.4) is 0 Å². The minimum Gasteiger partial charge on any atom is -0.490 e. The summed E-state index contributed by atoms with van der Waals surface area (Å²) in [6.07, 6.45) is 0.809. The standard InChI is InChI=1S/C9H8BrN3O/c10-7-1-2-9-6(3-7)4-8(14-9)5-12-13-11/h1-3,8H,4-5H2. The highest BCUT2D eigenvalue weighted by Gasteiger charge is 2.21. The number of ether oxygens (including phenoxy) is 1. The molecule has 0 fully saturated rings. The third-order valence-electron chi connectivity index (χ3n) is 2.11. The molecule has 0 spiro atoms. The Hall–Kier alpha value is -1.19. The Bertz CT molecular complexity index is 401. The van der Waals surface area contributed by atoms with E-state index in [9.17, 15) is 0 Å². The summed E-state index contributed by atoms with van der Waals surface area (Å²) < 4.78 is 6.62. The Morgan fingerprint density at radius 2 is 2.50 bits per heavy atom. The van der Waals surface area contributed by atoms with Gasteiger partial charge in [-0.15, -0.1) is 0 Å². The van der Waals surface area contributed by atoms with Crippen LogP contribution in [0.5, 0.6) is 5.75 Å². The molecule has 2 rings (SSSR count). The zero-order valence-electron chi connectivity index (χ0n) is 7.35. The zero-order valence-corrected chi connectivity index (χ0v) is 8.94. The zero-order chi connectivity index (χ0) is 9.97. The highest BCUT2D eigenvalue weighted by atomic mass is 79.9. The van der Waals surface area contributed by atoms with Crippen LogP contribution in [0.15, 0.2) is 27.8 Å². The van der Waals surface area contributed by atoms with Gasteiger partial charge in [-0.1, -0.05) is 21.0 Å². The van der Waals surface area contributed by atoms with E-state index in [1.165, 1.54) is 0 Å². The molecule has 0 radical (unpaired) electrons. The summed E-state index contributed by atoms with van der Waals surface area (Å²) in [6.45, 7) is 0.392. The van der Waals surface area contributed by atoms with Crippen LogP contribution in [-0.2, 0) is 6.42 Å². The summed E-state index contributed by atoms with van der Waals surface area (Å²) in [6, 6.07) is 5.90. The summed E-state index contributed by atoms with van der Waals surface area (Å²) >= 11 is 3.40. The molecule has 0 bridgehead atoms. The number of fused-ring (bicyclic) bond motifs is 1. The highest BCUT2D eigenvalue weighted by Crippen LogP contribution is 2.31. The van der Waals surface area contributed by atoms with Crippen molar-refractivity contribution in [2.45, 2.75) is 12.5 Å². The molecule has 0 amide bonds. The van der Waals surface area contributed by atoms with Crippen LogP contribution in [0.1, 0.15) is 5.56 Å². The van der Waals surface area contributed by atoms with Crippen molar-refractivity contribution in [1.82, 2.24) is 0 Å². The van der Waals surface area contributed by atoms with Crippen molar-refractivity contribution in [3.63, 3.8) is 0 Å². The monoisotopic (exact) mass is 253 g/mol. The number of benzene rings is 1. The number of hydrogen-bond donors (Lipinski definition) is 0. The molecule has 1 aliphatic rings. The third kappa shape index (κ3) is 1.84. The van der Waals surface area contributed by atoms with Gasteiger partial charge in [-0.05, 0) is 29.3 Å². The van der Waals surface area contributed by atoms with Crippen LogP contribution in [-0.4, -0.2) is 12.6 Å². The minimum atomic E-state index is -0.00444. The lowest BCUT2D eigenvalue weighted by molar-refractivity contribution is 0.241. The number of hydrogen-bond acceptors (Lipinski definition) is 2. The van der Waals surface area contributed by atoms with Gasteiger partial charge in [-0.3, -0.25) is 0 Å². The van der Waals surface area contributed by atoms with Gasteiger partial charge >= 0.3 is 0 Å². The Kier molecular flexibility index (Phi) is 2.61. The fraction of sp³-hybridized carbons (Fsp3) is 0.333. The highest BCUT2D eigenvalue weighted by molar-refractivity contribution is 9.10. The van der Waals surface area contributed by atoms with Crippen molar-refractivity contribution in [2.24, 2.45) is 5.11 Å². The Morgan fingerprint density at radius 3 is 3.29 bits per heavy atom. The Morgan fingerprint density at radius 1 is 1.64 bits per heavy atom. The number of halogens is 1. The SMILES string of the molecule is [N-]=[N+]=NCC1Cc2cc(Br)ccc2O1. The van der Waals surface area contributed by atoms with Crippen molar-refractivity contribution >= 4 is 15.9 Å². The van der Waals surface area contributed by atoms with E-state index in [0.29, 0.717) is 6.54 Å². The van der Waals surface area contributed by atoms with Gasteiger partial charge in [0.25, 0.3) is 0 Å². The molecular formula is C9H8BrN3O. The summed E-state index contributed by atoms with van der Waals surface area (Å²) in [5, 5.41) is 3.50. The second-order valence-corrected chi connectivity index (χ2v) is 4.03. The van der Waals surface area contributed by atoms with E-state index < -0.39 is 0 Å². The molecule has 0 saturated carbocycles. The molecule has 1 atom stereocenters. The predicted octanol–water partition coefficient (Wildman–Crippen LogP) is 3.06. The summed E-state index contributed by atoms with van der Waals surface area (Å²) in [5.74, 6) is 0.895. The molecule has 1 aromatic rings. The maximum Gasteiger partial charge on any atom is 0.123 e. The van der Waals surface area contributed by atoms with E-state index in [1.54, 1.807) is 0 Å². The van der Waals surface area contributed by atoms with Crippen LogP contribution in [0.4, 0.5) is 0 Å². The quantitative estimate of drug-likeness (QED) is 0.454. The van der Waals surface area contributed by atoms with Gasteiger partial charge in [0, 0.05) is 15.8 Å². The lowest BCUT2D eigenvalue weighted by Crippen LogP contribution is -2.16. The molecule has 0 saturated heterocycles. The molecule has 72 valence electrons. The van der Waals surface area contributed by atoms with Crippen molar-refractivity contribution in [1.29, 1.82) is 0 Å². The van der Waals surface area contributed by atoms with E-state index in [-0.39, 0.29) is 6.10 Å². The van der Waals surface area contributed by atoms with Crippen LogP contribution in [0.25, 0.3) is 10.4 Å². The summed E-state index contributed by atoms with van der Waals surface area (Å²) in [4.78, 5) is 2.72. The van der Waals surface area contributed by atoms with Gasteiger partial charge in [0.1, 0.15) is 11.9 Å². The Labute approximate surface area is 89.6 Å². The van der Waals surface area contributed by atoms with Crippen molar-refractivity contribution in [3.05, 3.63) is 38.7 Å². The van der Waals surface area contributed by atoms with Gasteiger partial charge < -0.3 is 4.74 Å². The molecule has 0 aliphatic carbocycles. The number of nitrogens with zero attached hydrogens (tertiary/aromatic N) is 3. The average molecular weight is 254 g/mol. The second kappa shape index (κ2) is 3.90. The minimum absolute atomic E-state index is 0.00444. The molecule has 1 aliphatic heterocycles. The molecule has 0 aromatic heterocycles. The first kappa shape index (κ1) is 9.37. The van der Waals surface area contributed by atoms with Gasteiger partial charge in [-0.2, -0.15) is 0 Å². The summed E-state index contributed by atoms with van der Waals surface area (Å²) in [7, 11) is 0. The smallest absolute Gasteiger partial charge is 0.123 e. The molecule has 5 heteroatoms. The fourth-order valence-corrected chi connectivity index (χ4v) is 1.93. The molecular weight excluding hydrogens is 246 g/mol. The van der Waals surface area contributed by atoms with Crippen LogP contribution in [0.2, 0.25) is 0 Å². The maximum atomic E-state index is 8.18. The van der Waals surface area contributed by atoms with E-state index in [4.69, 9.17) is 10.3 Å². The lowest BCUT2D eigenvalue weighted by atomic mass is 10.1. The van der Waals surface area contributed by atoms with Crippen molar-refractivity contribution in [2.75, 3.05) is 6.54 Å². The Balaban J connectivity index is 2.13. The molecule has 1 heterocycles. The number of azide groups is 1. The molecule has 4 nitrogen and oxygen atoms in total. The van der Waals surface area contributed by atoms with Crippen molar-refractivity contribution < 1.29 is 4.74 Å². The van der Waals surface area contributed by atoms with Gasteiger partial charge in [0.05, 0.1) is 6.54 Å². The normalized spacial score (nSPS) is 18.2. The largest absolute Gasteiger partial charge is 0.490 e. The first-order chi connectivity index (χ1) is 6.79. The third-order valence-corrected chi connectivity index (χ3v) is 2.61. The first-order valence-corrected chi connectivity index (χ1v) is 5.05. The van der Waals surface area contributed by atoms with E-state index in [0.717, 1.165) is 22.2 Å². The maximum absolute atomic E-state index is 8.18. The van der Waals surface area contributed by atoms with Crippen molar-refractivity contribution in [3.8, 4) is 5.75 Å². The second-order valence-electron chi connectivity index (χ2n) is 3.11. The average Bonchev–Trinajstić information content (AvgIpc) is 2.56. The van der Waals surface area contributed by atoms with Crippen LogP contribution in [0, 0.1) is 0 Å². The molecule has 1 aromatic carbocycles. The van der Waals surface area contributed by atoms with Crippen LogP contribution < -0.4 is 4.74 Å². The van der Waals surface area contributed by atoms with Crippen LogP contribution >= 0.6 is 15.9 Å². The van der Waals surface area contributed by atoms with Gasteiger partial charge in [0.15, 0.2) is 0 Å². The van der Waals surface area contributed by atoms with E-state index >= 15 is 0 Å². The molecule has 0 N–H and O–H groups in total. The summed E-state index contributed by atoms with van der Waals surface area (Å²) in [5.41, 5.74) is 9.35. The molecule has 14 heavy (non-hydrogen) atoms. The van der Waals surface area contributed by atoms with Gasteiger partial charge in [0.2, 0.25) is 0 Å². The van der Waals surface area contributed by atoms with Gasteiger partial charge in [-0.25, -0.2) is 0 Å². The predicted molar refractivity (Wildman–Crippen MR) is 56.3 cm³/mol. The van der Waals surface area contributed by atoms with E-state index in [2.05, 4.69) is 26.0 Å². The number of rotatable bonds is 2.